The summed E-state index contributed by atoms with van der Waals surface area (Å²) < 4.78 is 5.13. The average Bonchev–Trinajstić information content (AvgIpc) is 1.85. The van der Waals surface area contributed by atoms with E-state index in [0.717, 1.165) is 5.75 Å². The molecule has 60 valence electrons. The van der Waals surface area contributed by atoms with Gasteiger partial charge in [0.2, 0.25) is 0 Å². The minimum Gasteiger partial charge on any atom is -0.478 e. The molecule has 2 heteroatoms. The first-order chi connectivity index (χ1) is 5.22. The highest BCUT2D eigenvalue weighted by molar-refractivity contribution is 6.17. The SMILES string of the molecule is Cc1cc(C)cc(OCCl)c1. The molecule has 0 N–H and O–H groups in total. The Morgan fingerprint density at radius 1 is 1.18 bits per heavy atom. The van der Waals surface area contributed by atoms with Gasteiger partial charge in [0.25, 0.3) is 0 Å². The summed E-state index contributed by atoms with van der Waals surface area (Å²) in [6.07, 6.45) is 0. The monoisotopic (exact) mass is 170 g/mol. The van der Waals surface area contributed by atoms with E-state index in [1.54, 1.807) is 0 Å². The van der Waals surface area contributed by atoms with Gasteiger partial charge >= 0.3 is 0 Å². The Morgan fingerprint density at radius 2 is 1.73 bits per heavy atom. The maximum absolute atomic E-state index is 5.42. The van der Waals surface area contributed by atoms with Gasteiger partial charge in [-0.05, 0) is 37.1 Å². The average molecular weight is 171 g/mol. The molecule has 1 rings (SSSR count). The van der Waals surface area contributed by atoms with E-state index in [2.05, 4.69) is 6.07 Å². The van der Waals surface area contributed by atoms with Gasteiger partial charge in [0.1, 0.15) is 5.75 Å². The van der Waals surface area contributed by atoms with Gasteiger partial charge < -0.3 is 4.74 Å². The predicted octanol–water partition coefficient (Wildman–Crippen LogP) is 2.88. The fraction of sp³-hybridized carbons (Fsp3) is 0.333. The molecule has 0 heterocycles. The van der Waals surface area contributed by atoms with Gasteiger partial charge in [0.05, 0.1) is 0 Å². The van der Waals surface area contributed by atoms with Crippen molar-refractivity contribution in [3.8, 4) is 5.75 Å². The van der Waals surface area contributed by atoms with Crippen molar-refractivity contribution in [3.63, 3.8) is 0 Å². The number of hydrogen-bond acceptors (Lipinski definition) is 1. The second-order valence-electron chi connectivity index (χ2n) is 2.58. The third-order valence-electron chi connectivity index (χ3n) is 1.42. The van der Waals surface area contributed by atoms with Crippen molar-refractivity contribution in [2.45, 2.75) is 13.8 Å². The van der Waals surface area contributed by atoms with Gasteiger partial charge in [-0.25, -0.2) is 0 Å². The number of alkyl halides is 1. The summed E-state index contributed by atoms with van der Waals surface area (Å²) in [5.74, 6) is 0.845. The fourth-order valence-corrected chi connectivity index (χ4v) is 1.21. The molecule has 1 aromatic carbocycles. The van der Waals surface area contributed by atoms with E-state index in [1.165, 1.54) is 11.1 Å². The lowest BCUT2D eigenvalue weighted by molar-refractivity contribution is 0.387. The first-order valence-corrected chi connectivity index (χ1v) is 4.03. The molecule has 0 saturated heterocycles. The summed E-state index contributed by atoms with van der Waals surface area (Å²) in [4.78, 5) is 0. The first kappa shape index (κ1) is 8.41. The predicted molar refractivity (Wildman–Crippen MR) is 47.3 cm³/mol. The molecule has 0 aromatic heterocycles. The van der Waals surface area contributed by atoms with Crippen LogP contribution in [0.3, 0.4) is 0 Å². The Kier molecular flexibility index (Phi) is 2.77. The third-order valence-corrected chi connectivity index (χ3v) is 1.53. The summed E-state index contributed by atoms with van der Waals surface area (Å²) in [6.45, 7) is 4.07. The molecule has 0 bridgehead atoms. The van der Waals surface area contributed by atoms with E-state index in [0.29, 0.717) is 0 Å². The maximum Gasteiger partial charge on any atom is 0.162 e. The molecule has 0 saturated carbocycles. The zero-order valence-corrected chi connectivity index (χ0v) is 7.48. The summed E-state index contributed by atoms with van der Waals surface area (Å²) >= 11 is 5.42. The number of aryl methyl sites for hydroxylation is 2. The second-order valence-corrected chi connectivity index (χ2v) is 2.80. The molecule has 0 amide bonds. The van der Waals surface area contributed by atoms with Crippen molar-refractivity contribution in [3.05, 3.63) is 29.3 Å². The molecule has 0 unspecified atom stereocenters. The minimum absolute atomic E-state index is 0.211. The van der Waals surface area contributed by atoms with Crippen LogP contribution >= 0.6 is 11.6 Å². The van der Waals surface area contributed by atoms with Crippen LogP contribution < -0.4 is 4.74 Å². The van der Waals surface area contributed by atoms with E-state index in [1.807, 2.05) is 26.0 Å². The molecular weight excluding hydrogens is 160 g/mol. The van der Waals surface area contributed by atoms with Gasteiger partial charge in [-0.3, -0.25) is 0 Å². The largest absolute Gasteiger partial charge is 0.478 e. The Morgan fingerprint density at radius 3 is 2.18 bits per heavy atom. The number of ether oxygens (including phenoxy) is 1. The van der Waals surface area contributed by atoms with E-state index < -0.39 is 0 Å². The highest BCUT2D eigenvalue weighted by Crippen LogP contribution is 2.16. The maximum atomic E-state index is 5.42. The molecule has 0 fully saturated rings. The van der Waals surface area contributed by atoms with E-state index in [-0.39, 0.29) is 6.07 Å². The van der Waals surface area contributed by atoms with E-state index in [4.69, 9.17) is 16.3 Å². The van der Waals surface area contributed by atoms with Gasteiger partial charge in [0, 0.05) is 0 Å². The van der Waals surface area contributed by atoms with Crippen LogP contribution in [-0.4, -0.2) is 6.07 Å². The lowest BCUT2D eigenvalue weighted by Crippen LogP contribution is -1.89. The Labute approximate surface area is 71.9 Å². The molecule has 0 radical (unpaired) electrons. The topological polar surface area (TPSA) is 9.23 Å². The highest BCUT2D eigenvalue weighted by atomic mass is 35.5. The summed E-state index contributed by atoms with van der Waals surface area (Å²) in [5.41, 5.74) is 2.40. The van der Waals surface area contributed by atoms with Crippen molar-refractivity contribution in [1.29, 1.82) is 0 Å². The molecule has 11 heavy (non-hydrogen) atoms. The number of rotatable bonds is 2. The zero-order valence-electron chi connectivity index (χ0n) is 6.73. The summed E-state index contributed by atoms with van der Waals surface area (Å²) in [6, 6.07) is 6.24. The van der Waals surface area contributed by atoms with Gasteiger partial charge in [-0.2, -0.15) is 0 Å². The Bertz CT molecular complexity index is 225. The quantitative estimate of drug-likeness (QED) is 0.621. The fourth-order valence-electron chi connectivity index (χ4n) is 1.08. The molecule has 0 atom stereocenters. The van der Waals surface area contributed by atoms with Gasteiger partial charge in [0.15, 0.2) is 6.07 Å². The van der Waals surface area contributed by atoms with Crippen molar-refractivity contribution in [2.75, 3.05) is 6.07 Å². The lowest BCUT2D eigenvalue weighted by atomic mass is 10.1. The standard InChI is InChI=1S/C9H11ClO/c1-7-3-8(2)5-9(4-7)11-6-10/h3-5H,6H2,1-2H3. The van der Waals surface area contributed by atoms with Crippen LogP contribution in [0.25, 0.3) is 0 Å². The Hall–Kier alpha value is -0.690. The van der Waals surface area contributed by atoms with Crippen molar-refractivity contribution < 1.29 is 4.74 Å². The third kappa shape index (κ3) is 2.43. The normalized spacial score (nSPS) is 9.73. The van der Waals surface area contributed by atoms with Crippen LogP contribution in [0.5, 0.6) is 5.75 Å². The van der Waals surface area contributed by atoms with Crippen LogP contribution in [0, 0.1) is 13.8 Å². The Balaban J connectivity index is 2.89. The van der Waals surface area contributed by atoms with Crippen molar-refractivity contribution >= 4 is 11.6 Å². The molecule has 0 aliphatic carbocycles. The number of benzene rings is 1. The molecule has 1 nitrogen and oxygen atoms in total. The van der Waals surface area contributed by atoms with Crippen molar-refractivity contribution in [1.82, 2.24) is 0 Å². The molecule has 0 aliphatic heterocycles. The molecule has 0 aliphatic rings. The van der Waals surface area contributed by atoms with Crippen molar-refractivity contribution in [2.24, 2.45) is 0 Å². The molecular formula is C9H11ClO. The van der Waals surface area contributed by atoms with Gasteiger partial charge in [-0.1, -0.05) is 17.7 Å². The van der Waals surface area contributed by atoms with E-state index in [9.17, 15) is 0 Å². The van der Waals surface area contributed by atoms with Crippen LogP contribution in [0.2, 0.25) is 0 Å². The van der Waals surface area contributed by atoms with Crippen LogP contribution in [0.1, 0.15) is 11.1 Å². The first-order valence-electron chi connectivity index (χ1n) is 3.49. The van der Waals surface area contributed by atoms with Crippen LogP contribution in [0.15, 0.2) is 18.2 Å². The molecule has 0 spiro atoms. The zero-order chi connectivity index (χ0) is 8.27. The van der Waals surface area contributed by atoms with Gasteiger partial charge in [-0.15, -0.1) is 0 Å². The number of halogens is 1. The second kappa shape index (κ2) is 3.63. The van der Waals surface area contributed by atoms with Crippen LogP contribution in [-0.2, 0) is 0 Å². The lowest BCUT2D eigenvalue weighted by Gasteiger charge is -2.03. The highest BCUT2D eigenvalue weighted by Gasteiger charge is 1.94. The van der Waals surface area contributed by atoms with E-state index >= 15 is 0 Å². The van der Waals surface area contributed by atoms with Crippen LogP contribution in [0.4, 0.5) is 0 Å². The number of hydrogen-bond donors (Lipinski definition) is 0. The summed E-state index contributed by atoms with van der Waals surface area (Å²) in [7, 11) is 0. The molecule has 1 aromatic rings. The smallest absolute Gasteiger partial charge is 0.162 e. The minimum atomic E-state index is 0.211. The summed E-state index contributed by atoms with van der Waals surface area (Å²) in [5, 5.41) is 0.